The molecular weight excluding hydrogens is 420 g/mol. The van der Waals surface area contributed by atoms with Crippen molar-refractivity contribution in [1.29, 1.82) is 0 Å². The number of benzene rings is 2. The van der Waals surface area contributed by atoms with Gasteiger partial charge in [0.25, 0.3) is 5.91 Å². The Morgan fingerprint density at radius 1 is 1.03 bits per heavy atom. The fourth-order valence-electron chi connectivity index (χ4n) is 3.86. The standard InChI is InChI=1S/C25H20N4O4/c1-13-23-18(17-5-3-4-6-19(17)29-23)12-20(26-13)25(32)27-14(2)24(31)28-16-8-9-21-15(11-16)7-10-22(30)33-21/h3-12,14,29H,1-2H3,(H,27,32)(H,28,31). The van der Waals surface area contributed by atoms with Crippen molar-refractivity contribution in [3.63, 3.8) is 0 Å². The zero-order chi connectivity index (χ0) is 23.1. The first-order chi connectivity index (χ1) is 15.9. The second-order valence-corrected chi connectivity index (χ2v) is 7.88. The molecule has 1 unspecified atom stereocenters. The summed E-state index contributed by atoms with van der Waals surface area (Å²) in [7, 11) is 0. The van der Waals surface area contributed by atoms with Gasteiger partial charge in [-0.1, -0.05) is 18.2 Å². The van der Waals surface area contributed by atoms with Crippen LogP contribution in [0.25, 0.3) is 32.8 Å². The Hall–Kier alpha value is -4.46. The number of H-pyrrole nitrogens is 1. The fourth-order valence-corrected chi connectivity index (χ4v) is 3.86. The van der Waals surface area contributed by atoms with E-state index >= 15 is 0 Å². The van der Waals surface area contributed by atoms with Crippen LogP contribution in [0.4, 0.5) is 5.69 Å². The molecule has 8 heteroatoms. The van der Waals surface area contributed by atoms with Gasteiger partial charge in [-0.3, -0.25) is 9.59 Å². The minimum absolute atomic E-state index is 0.241. The molecule has 3 N–H and O–H groups in total. The van der Waals surface area contributed by atoms with E-state index in [0.29, 0.717) is 22.4 Å². The summed E-state index contributed by atoms with van der Waals surface area (Å²) in [5.74, 6) is -0.821. The maximum absolute atomic E-state index is 12.9. The number of para-hydroxylation sites is 1. The number of hydrogen-bond donors (Lipinski definition) is 3. The molecule has 3 aromatic heterocycles. The minimum Gasteiger partial charge on any atom is -0.423 e. The number of carbonyl (C=O) groups is 2. The first kappa shape index (κ1) is 20.4. The van der Waals surface area contributed by atoms with Crippen LogP contribution in [0.15, 0.2) is 69.9 Å². The SMILES string of the molecule is Cc1nc(C(=O)NC(C)C(=O)Nc2ccc3oc(=O)ccc3c2)cc2c1[nH]c1ccccc12. The number of aromatic amines is 1. The van der Waals surface area contributed by atoms with E-state index in [0.717, 1.165) is 21.8 Å². The van der Waals surface area contributed by atoms with E-state index in [2.05, 4.69) is 20.6 Å². The van der Waals surface area contributed by atoms with Gasteiger partial charge in [0.2, 0.25) is 5.91 Å². The molecule has 5 aromatic rings. The van der Waals surface area contributed by atoms with Crippen LogP contribution in [0.2, 0.25) is 0 Å². The number of aryl methyl sites for hydroxylation is 1. The molecular formula is C25H20N4O4. The number of aromatic nitrogens is 2. The van der Waals surface area contributed by atoms with Crippen molar-refractivity contribution in [1.82, 2.24) is 15.3 Å². The van der Waals surface area contributed by atoms with Crippen LogP contribution in [0.1, 0.15) is 23.1 Å². The number of nitrogens with one attached hydrogen (secondary N) is 3. The zero-order valence-electron chi connectivity index (χ0n) is 17.9. The van der Waals surface area contributed by atoms with Crippen LogP contribution in [0.5, 0.6) is 0 Å². The Morgan fingerprint density at radius 3 is 2.70 bits per heavy atom. The Morgan fingerprint density at radius 2 is 1.85 bits per heavy atom. The molecule has 0 spiro atoms. The van der Waals surface area contributed by atoms with Gasteiger partial charge in [0.05, 0.1) is 11.2 Å². The second-order valence-electron chi connectivity index (χ2n) is 7.88. The third-order valence-electron chi connectivity index (χ3n) is 5.54. The minimum atomic E-state index is -0.803. The lowest BCUT2D eigenvalue weighted by atomic mass is 10.1. The number of nitrogens with zero attached hydrogens (tertiary/aromatic N) is 1. The summed E-state index contributed by atoms with van der Waals surface area (Å²) < 4.78 is 5.10. The lowest BCUT2D eigenvalue weighted by Crippen LogP contribution is -2.41. The van der Waals surface area contributed by atoms with Gasteiger partial charge in [-0.25, -0.2) is 9.78 Å². The predicted octanol–water partition coefficient (Wildman–Crippen LogP) is 3.89. The first-order valence-electron chi connectivity index (χ1n) is 10.4. The van der Waals surface area contributed by atoms with E-state index in [1.54, 1.807) is 37.3 Å². The van der Waals surface area contributed by atoms with Gasteiger partial charge in [-0.2, -0.15) is 0 Å². The van der Waals surface area contributed by atoms with Crippen molar-refractivity contribution in [2.24, 2.45) is 0 Å². The third kappa shape index (κ3) is 3.82. The topological polar surface area (TPSA) is 117 Å². The van der Waals surface area contributed by atoms with Gasteiger partial charge in [0.15, 0.2) is 0 Å². The second kappa shape index (κ2) is 7.90. The molecule has 0 fully saturated rings. The molecule has 1 atom stereocenters. The molecule has 0 saturated heterocycles. The van der Waals surface area contributed by atoms with Crippen LogP contribution in [0.3, 0.4) is 0 Å². The highest BCUT2D eigenvalue weighted by atomic mass is 16.4. The Bertz CT molecular complexity index is 1620. The van der Waals surface area contributed by atoms with Crippen LogP contribution >= 0.6 is 0 Å². The lowest BCUT2D eigenvalue weighted by molar-refractivity contribution is -0.117. The van der Waals surface area contributed by atoms with E-state index in [1.807, 2.05) is 31.2 Å². The van der Waals surface area contributed by atoms with E-state index in [-0.39, 0.29) is 11.6 Å². The summed E-state index contributed by atoms with van der Waals surface area (Å²) in [6.45, 7) is 3.44. The zero-order valence-corrected chi connectivity index (χ0v) is 17.9. The average Bonchev–Trinajstić information content (AvgIpc) is 3.18. The molecule has 164 valence electrons. The van der Waals surface area contributed by atoms with Crippen LogP contribution in [-0.2, 0) is 4.79 Å². The molecule has 0 aliphatic heterocycles. The van der Waals surface area contributed by atoms with Gasteiger partial charge in [-0.05, 0) is 50.2 Å². The third-order valence-corrected chi connectivity index (χ3v) is 5.54. The normalized spacial score (nSPS) is 12.2. The Balaban J connectivity index is 1.34. The first-order valence-corrected chi connectivity index (χ1v) is 10.4. The fraction of sp³-hybridized carbons (Fsp3) is 0.120. The number of pyridine rings is 1. The van der Waals surface area contributed by atoms with Gasteiger partial charge in [0, 0.05) is 33.4 Å². The van der Waals surface area contributed by atoms with E-state index < -0.39 is 17.6 Å². The summed E-state index contributed by atoms with van der Waals surface area (Å²) in [6.07, 6.45) is 0. The molecule has 0 aliphatic rings. The summed E-state index contributed by atoms with van der Waals surface area (Å²) in [4.78, 5) is 44.6. The highest BCUT2D eigenvalue weighted by molar-refractivity contribution is 6.10. The smallest absolute Gasteiger partial charge is 0.336 e. The average molecular weight is 440 g/mol. The molecule has 8 nitrogen and oxygen atoms in total. The summed E-state index contributed by atoms with van der Waals surface area (Å²) in [5, 5.41) is 8.06. The van der Waals surface area contributed by atoms with Crippen molar-refractivity contribution in [3.8, 4) is 0 Å². The van der Waals surface area contributed by atoms with E-state index in [4.69, 9.17) is 4.42 Å². The number of anilines is 1. The highest BCUT2D eigenvalue weighted by Crippen LogP contribution is 2.27. The molecule has 0 radical (unpaired) electrons. The number of carbonyl (C=O) groups excluding carboxylic acids is 2. The molecule has 0 aliphatic carbocycles. The van der Waals surface area contributed by atoms with Crippen molar-refractivity contribution in [2.75, 3.05) is 5.32 Å². The quantitative estimate of drug-likeness (QED) is 0.367. The number of rotatable bonds is 4. The van der Waals surface area contributed by atoms with Crippen molar-refractivity contribution >= 4 is 50.3 Å². The maximum Gasteiger partial charge on any atom is 0.336 e. The van der Waals surface area contributed by atoms with Crippen LogP contribution < -0.4 is 16.3 Å². The highest BCUT2D eigenvalue weighted by Gasteiger charge is 2.19. The summed E-state index contributed by atoms with van der Waals surface area (Å²) in [6, 6.07) is 16.7. The summed E-state index contributed by atoms with van der Waals surface area (Å²) >= 11 is 0. The number of fused-ring (bicyclic) bond motifs is 4. The monoisotopic (exact) mass is 440 g/mol. The van der Waals surface area contributed by atoms with Crippen LogP contribution in [0, 0.1) is 6.92 Å². The van der Waals surface area contributed by atoms with Gasteiger partial charge >= 0.3 is 5.63 Å². The molecule has 5 rings (SSSR count). The van der Waals surface area contributed by atoms with Crippen molar-refractivity contribution in [2.45, 2.75) is 19.9 Å². The van der Waals surface area contributed by atoms with Crippen molar-refractivity contribution in [3.05, 3.63) is 82.5 Å². The largest absolute Gasteiger partial charge is 0.423 e. The Labute approximate surface area is 187 Å². The van der Waals surface area contributed by atoms with Gasteiger partial charge in [0.1, 0.15) is 17.3 Å². The van der Waals surface area contributed by atoms with E-state index in [1.165, 1.54) is 6.07 Å². The molecule has 0 bridgehead atoms. The number of amides is 2. The van der Waals surface area contributed by atoms with E-state index in [9.17, 15) is 14.4 Å². The molecule has 2 amide bonds. The van der Waals surface area contributed by atoms with Crippen molar-refractivity contribution < 1.29 is 14.0 Å². The van der Waals surface area contributed by atoms with Gasteiger partial charge < -0.3 is 20.0 Å². The molecule has 0 saturated carbocycles. The van der Waals surface area contributed by atoms with Crippen LogP contribution in [-0.4, -0.2) is 27.8 Å². The van der Waals surface area contributed by atoms with Gasteiger partial charge in [-0.15, -0.1) is 0 Å². The molecule has 33 heavy (non-hydrogen) atoms. The maximum atomic E-state index is 12.9. The molecule has 3 heterocycles. The molecule has 2 aromatic carbocycles. The summed E-state index contributed by atoms with van der Waals surface area (Å²) in [5.41, 5.74) is 3.31. The lowest BCUT2D eigenvalue weighted by Gasteiger charge is -2.14. The predicted molar refractivity (Wildman–Crippen MR) is 126 cm³/mol. The Kier molecular flexibility index (Phi) is 4.90. The number of hydrogen-bond acceptors (Lipinski definition) is 5.